The van der Waals surface area contributed by atoms with Crippen molar-refractivity contribution in [1.82, 2.24) is 9.78 Å². The Labute approximate surface area is 75.0 Å². The maximum Gasteiger partial charge on any atom is 0.227 e. The van der Waals surface area contributed by atoms with Gasteiger partial charge in [-0.05, 0) is 6.92 Å². The minimum Gasteiger partial charge on any atom is -0.310 e. The predicted molar refractivity (Wildman–Crippen MR) is 44.9 cm³/mol. The normalized spacial score (nSPS) is 14.6. The second kappa shape index (κ2) is 2.59. The van der Waals surface area contributed by atoms with Crippen molar-refractivity contribution in [3.63, 3.8) is 0 Å². The van der Waals surface area contributed by atoms with Gasteiger partial charge in [-0.25, -0.2) is 4.68 Å². The molecule has 2 rings (SSSR count). The Balaban J connectivity index is 2.56. The molecule has 1 N–H and O–H groups in total. The number of nitrogens with one attached hydrogen (secondary N) is 1. The van der Waals surface area contributed by atoms with Crippen LogP contribution in [0.2, 0.25) is 0 Å². The number of nitrogens with zero attached hydrogens (tertiary/aromatic N) is 3. The third kappa shape index (κ3) is 1.07. The average Bonchev–Trinajstić information content (AvgIpc) is 2.40. The lowest BCUT2D eigenvalue weighted by Gasteiger charge is -2.13. The van der Waals surface area contributed by atoms with Crippen molar-refractivity contribution in [2.24, 2.45) is 0 Å². The lowest BCUT2D eigenvalue weighted by molar-refractivity contribution is -0.116. The van der Waals surface area contributed by atoms with Gasteiger partial charge in [0, 0.05) is 6.42 Å². The highest BCUT2D eigenvalue weighted by Gasteiger charge is 2.21. The first kappa shape index (κ1) is 7.80. The summed E-state index contributed by atoms with van der Waals surface area (Å²) in [7, 11) is 0. The van der Waals surface area contributed by atoms with Crippen molar-refractivity contribution >= 4 is 11.7 Å². The van der Waals surface area contributed by atoms with Crippen molar-refractivity contribution in [2.75, 3.05) is 5.32 Å². The zero-order valence-corrected chi connectivity index (χ0v) is 7.16. The standard InChI is InChI=1S/C8H8N4O/c1-5-6(4-9)8-10-7(13)2-3-12(8)11-5/h2-3H2,1H3,(H,10,13). The van der Waals surface area contributed by atoms with Gasteiger partial charge in [-0.2, -0.15) is 10.4 Å². The molecular weight excluding hydrogens is 168 g/mol. The average molecular weight is 176 g/mol. The van der Waals surface area contributed by atoms with E-state index in [1.165, 1.54) is 0 Å². The van der Waals surface area contributed by atoms with Crippen LogP contribution < -0.4 is 5.32 Å². The second-order valence-corrected chi connectivity index (χ2v) is 2.94. The third-order valence-electron chi connectivity index (χ3n) is 2.05. The first-order valence-electron chi connectivity index (χ1n) is 3.99. The highest BCUT2D eigenvalue weighted by molar-refractivity contribution is 5.92. The molecule has 0 spiro atoms. The Morgan fingerprint density at radius 2 is 2.46 bits per heavy atom. The van der Waals surface area contributed by atoms with Gasteiger partial charge in [0.2, 0.25) is 5.91 Å². The van der Waals surface area contributed by atoms with Gasteiger partial charge in [-0.3, -0.25) is 4.79 Å². The number of nitriles is 1. The van der Waals surface area contributed by atoms with Crippen molar-refractivity contribution in [3.05, 3.63) is 11.3 Å². The highest BCUT2D eigenvalue weighted by Crippen LogP contribution is 2.21. The lowest BCUT2D eigenvalue weighted by Crippen LogP contribution is -2.23. The Morgan fingerprint density at radius 3 is 3.15 bits per heavy atom. The maximum absolute atomic E-state index is 11.0. The quantitative estimate of drug-likeness (QED) is 0.622. The van der Waals surface area contributed by atoms with Crippen molar-refractivity contribution in [2.45, 2.75) is 19.9 Å². The molecule has 0 radical (unpaired) electrons. The molecule has 0 aliphatic carbocycles. The molecule has 1 amide bonds. The fourth-order valence-electron chi connectivity index (χ4n) is 1.41. The summed E-state index contributed by atoms with van der Waals surface area (Å²) in [6, 6.07) is 2.03. The molecule has 1 aliphatic rings. The van der Waals surface area contributed by atoms with Crippen LogP contribution in [-0.4, -0.2) is 15.7 Å². The van der Waals surface area contributed by atoms with Gasteiger partial charge < -0.3 is 5.32 Å². The summed E-state index contributed by atoms with van der Waals surface area (Å²) in [6.45, 7) is 2.32. The zero-order chi connectivity index (χ0) is 9.42. The van der Waals surface area contributed by atoms with E-state index in [2.05, 4.69) is 10.4 Å². The second-order valence-electron chi connectivity index (χ2n) is 2.94. The maximum atomic E-state index is 11.0. The smallest absolute Gasteiger partial charge is 0.227 e. The number of fused-ring (bicyclic) bond motifs is 1. The van der Waals surface area contributed by atoms with Crippen LogP contribution in [0.25, 0.3) is 0 Å². The van der Waals surface area contributed by atoms with E-state index in [9.17, 15) is 4.79 Å². The number of amides is 1. The summed E-state index contributed by atoms with van der Waals surface area (Å²) in [5.74, 6) is 0.486. The van der Waals surface area contributed by atoms with Crippen LogP contribution in [0, 0.1) is 18.3 Å². The SMILES string of the molecule is Cc1nn2c(c1C#N)NC(=O)CC2. The summed E-state index contributed by atoms with van der Waals surface area (Å²) >= 11 is 0. The van der Waals surface area contributed by atoms with Gasteiger partial charge >= 0.3 is 0 Å². The monoisotopic (exact) mass is 176 g/mol. The summed E-state index contributed by atoms with van der Waals surface area (Å²) in [4.78, 5) is 11.0. The van der Waals surface area contributed by atoms with E-state index in [0.29, 0.717) is 30.0 Å². The minimum absolute atomic E-state index is 0.0519. The number of hydrogen-bond donors (Lipinski definition) is 1. The van der Waals surface area contributed by atoms with Crippen LogP contribution in [0.15, 0.2) is 0 Å². The summed E-state index contributed by atoms with van der Waals surface area (Å²) in [5, 5.41) is 15.6. The molecule has 0 fully saturated rings. The number of aryl methyl sites for hydroxylation is 2. The van der Waals surface area contributed by atoms with E-state index in [1.54, 1.807) is 11.6 Å². The Morgan fingerprint density at radius 1 is 1.69 bits per heavy atom. The van der Waals surface area contributed by atoms with Crippen molar-refractivity contribution < 1.29 is 4.79 Å². The number of rotatable bonds is 0. The number of hydrogen-bond acceptors (Lipinski definition) is 3. The number of carbonyl (C=O) groups is 1. The van der Waals surface area contributed by atoms with E-state index in [-0.39, 0.29) is 5.91 Å². The topological polar surface area (TPSA) is 70.7 Å². The minimum atomic E-state index is -0.0519. The fraction of sp³-hybridized carbons (Fsp3) is 0.375. The highest BCUT2D eigenvalue weighted by atomic mass is 16.1. The number of anilines is 1. The summed E-state index contributed by atoms with van der Waals surface area (Å²) in [5.41, 5.74) is 1.13. The third-order valence-corrected chi connectivity index (χ3v) is 2.05. The lowest BCUT2D eigenvalue weighted by atomic mass is 10.2. The van der Waals surface area contributed by atoms with E-state index in [4.69, 9.17) is 5.26 Å². The molecule has 0 atom stereocenters. The van der Waals surface area contributed by atoms with Crippen LogP contribution in [0.5, 0.6) is 0 Å². The predicted octanol–water partition coefficient (Wildman–Crippen LogP) is 0.405. The van der Waals surface area contributed by atoms with Gasteiger partial charge in [0.1, 0.15) is 17.5 Å². The van der Waals surface area contributed by atoms with Crippen LogP contribution in [0.4, 0.5) is 5.82 Å². The molecule has 5 nitrogen and oxygen atoms in total. The number of aromatic nitrogens is 2. The molecule has 5 heteroatoms. The van der Waals surface area contributed by atoms with Crippen LogP contribution >= 0.6 is 0 Å². The summed E-state index contributed by atoms with van der Waals surface area (Å²) in [6.07, 6.45) is 0.430. The molecule has 1 aromatic heterocycles. The van der Waals surface area contributed by atoms with Crippen LogP contribution in [-0.2, 0) is 11.3 Å². The molecular formula is C8H8N4O. The van der Waals surface area contributed by atoms with Gasteiger partial charge in [-0.1, -0.05) is 0 Å². The number of carbonyl (C=O) groups excluding carboxylic acids is 1. The van der Waals surface area contributed by atoms with Crippen molar-refractivity contribution in [1.29, 1.82) is 5.26 Å². The molecule has 1 aromatic rings. The molecule has 0 bridgehead atoms. The van der Waals surface area contributed by atoms with E-state index < -0.39 is 0 Å². The molecule has 13 heavy (non-hydrogen) atoms. The van der Waals surface area contributed by atoms with E-state index in [0.717, 1.165) is 0 Å². The Bertz CT molecular complexity index is 413. The zero-order valence-electron chi connectivity index (χ0n) is 7.16. The van der Waals surface area contributed by atoms with Crippen LogP contribution in [0.1, 0.15) is 17.7 Å². The van der Waals surface area contributed by atoms with Gasteiger partial charge in [0.15, 0.2) is 0 Å². The van der Waals surface area contributed by atoms with Gasteiger partial charge in [-0.15, -0.1) is 0 Å². The van der Waals surface area contributed by atoms with Crippen molar-refractivity contribution in [3.8, 4) is 6.07 Å². The van der Waals surface area contributed by atoms with E-state index in [1.807, 2.05) is 6.07 Å². The Kier molecular flexibility index (Phi) is 1.55. The molecule has 0 unspecified atom stereocenters. The molecule has 0 saturated carbocycles. The molecule has 66 valence electrons. The van der Waals surface area contributed by atoms with Gasteiger partial charge in [0.05, 0.1) is 12.2 Å². The Hall–Kier alpha value is -1.83. The van der Waals surface area contributed by atoms with Crippen LogP contribution in [0.3, 0.4) is 0 Å². The summed E-state index contributed by atoms with van der Waals surface area (Å²) < 4.78 is 1.66. The van der Waals surface area contributed by atoms with E-state index >= 15 is 0 Å². The molecule has 0 saturated heterocycles. The first-order valence-corrected chi connectivity index (χ1v) is 3.99. The molecule has 0 aromatic carbocycles. The largest absolute Gasteiger partial charge is 0.310 e. The fourth-order valence-corrected chi connectivity index (χ4v) is 1.41. The molecule has 1 aliphatic heterocycles. The first-order chi connectivity index (χ1) is 6.22. The van der Waals surface area contributed by atoms with Gasteiger partial charge in [0.25, 0.3) is 0 Å². The molecule has 2 heterocycles.